The van der Waals surface area contributed by atoms with E-state index in [0.717, 1.165) is 0 Å². The highest BCUT2D eigenvalue weighted by atomic mass is 79.9. The van der Waals surface area contributed by atoms with E-state index in [1.54, 1.807) is 12.1 Å². The van der Waals surface area contributed by atoms with Gasteiger partial charge in [-0.2, -0.15) is 0 Å². The molecule has 1 rings (SSSR count). The molecule has 0 bridgehead atoms. The van der Waals surface area contributed by atoms with Crippen molar-refractivity contribution < 1.29 is 19.0 Å². The van der Waals surface area contributed by atoms with E-state index in [9.17, 15) is 4.79 Å². The number of rotatable bonds is 6. The van der Waals surface area contributed by atoms with Gasteiger partial charge < -0.3 is 25.3 Å². The van der Waals surface area contributed by atoms with E-state index in [1.165, 1.54) is 21.3 Å². The zero-order chi connectivity index (χ0) is 14.4. The van der Waals surface area contributed by atoms with Crippen molar-refractivity contribution in [3.63, 3.8) is 0 Å². The SMILES string of the molecule is COCC(N)C(=O)Nc1cc(OC)c(Br)c(OC)c1. The minimum absolute atomic E-state index is 0.149. The molecular formula is C12H17BrN2O4. The third-order valence-electron chi connectivity index (χ3n) is 2.40. The minimum Gasteiger partial charge on any atom is -0.495 e. The number of halogens is 1. The summed E-state index contributed by atoms with van der Waals surface area (Å²) < 4.78 is 15.9. The fourth-order valence-corrected chi connectivity index (χ4v) is 1.98. The highest BCUT2D eigenvalue weighted by Crippen LogP contribution is 2.37. The normalized spacial score (nSPS) is 11.8. The summed E-state index contributed by atoms with van der Waals surface area (Å²) in [4.78, 5) is 11.8. The Morgan fingerprint density at radius 2 is 1.84 bits per heavy atom. The molecule has 106 valence electrons. The van der Waals surface area contributed by atoms with Crippen LogP contribution in [0.25, 0.3) is 0 Å². The summed E-state index contributed by atoms with van der Waals surface area (Å²) in [5.74, 6) is 0.762. The second-order valence-corrected chi connectivity index (χ2v) is 4.54. The van der Waals surface area contributed by atoms with Crippen LogP contribution in [0.3, 0.4) is 0 Å². The summed E-state index contributed by atoms with van der Waals surface area (Å²) in [7, 11) is 4.54. The Morgan fingerprint density at radius 3 is 2.26 bits per heavy atom. The molecule has 7 heteroatoms. The average Bonchev–Trinajstić information content (AvgIpc) is 2.40. The van der Waals surface area contributed by atoms with Crippen LogP contribution in [-0.4, -0.2) is 39.9 Å². The molecule has 0 saturated carbocycles. The number of benzene rings is 1. The van der Waals surface area contributed by atoms with E-state index < -0.39 is 6.04 Å². The number of amides is 1. The van der Waals surface area contributed by atoms with Crippen LogP contribution in [0.5, 0.6) is 11.5 Å². The van der Waals surface area contributed by atoms with E-state index in [1.807, 2.05) is 0 Å². The summed E-state index contributed by atoms with van der Waals surface area (Å²) >= 11 is 3.35. The number of hydrogen-bond acceptors (Lipinski definition) is 5. The van der Waals surface area contributed by atoms with Gasteiger partial charge in [0.15, 0.2) is 0 Å². The zero-order valence-electron chi connectivity index (χ0n) is 11.0. The van der Waals surface area contributed by atoms with Crippen LogP contribution in [-0.2, 0) is 9.53 Å². The predicted octanol–water partition coefficient (Wildman–Crippen LogP) is 1.38. The summed E-state index contributed by atoms with van der Waals surface area (Å²) in [6, 6.07) is 2.61. The molecule has 0 fully saturated rings. The van der Waals surface area contributed by atoms with Gasteiger partial charge in [-0.3, -0.25) is 4.79 Å². The fraction of sp³-hybridized carbons (Fsp3) is 0.417. The molecule has 0 aromatic heterocycles. The number of nitrogens with one attached hydrogen (secondary N) is 1. The van der Waals surface area contributed by atoms with Crippen LogP contribution >= 0.6 is 15.9 Å². The molecule has 1 atom stereocenters. The Morgan fingerprint density at radius 1 is 1.32 bits per heavy atom. The van der Waals surface area contributed by atoms with Gasteiger partial charge in [-0.05, 0) is 15.9 Å². The van der Waals surface area contributed by atoms with E-state index in [-0.39, 0.29) is 12.5 Å². The Bertz CT molecular complexity index is 428. The zero-order valence-corrected chi connectivity index (χ0v) is 12.6. The number of nitrogens with two attached hydrogens (primary N) is 1. The minimum atomic E-state index is -0.731. The van der Waals surface area contributed by atoms with Crippen molar-refractivity contribution in [2.75, 3.05) is 33.3 Å². The lowest BCUT2D eigenvalue weighted by Crippen LogP contribution is -2.39. The first-order chi connectivity index (χ1) is 9.03. The van der Waals surface area contributed by atoms with Crippen molar-refractivity contribution in [3.8, 4) is 11.5 Å². The van der Waals surface area contributed by atoms with Crippen LogP contribution in [0.4, 0.5) is 5.69 Å². The van der Waals surface area contributed by atoms with Crippen molar-refractivity contribution in [2.45, 2.75) is 6.04 Å². The van der Waals surface area contributed by atoms with Crippen LogP contribution in [0.2, 0.25) is 0 Å². The standard InChI is InChI=1S/C12H17BrN2O4/c1-17-6-8(14)12(16)15-7-4-9(18-2)11(13)10(5-7)19-3/h4-5,8H,6,14H2,1-3H3,(H,15,16). The number of methoxy groups -OCH3 is 3. The number of anilines is 1. The fourth-order valence-electron chi connectivity index (χ4n) is 1.43. The first kappa shape index (κ1) is 15.7. The number of ether oxygens (including phenoxy) is 3. The maximum atomic E-state index is 11.8. The van der Waals surface area contributed by atoms with E-state index in [4.69, 9.17) is 19.9 Å². The van der Waals surface area contributed by atoms with Gasteiger partial charge in [-0.1, -0.05) is 0 Å². The largest absolute Gasteiger partial charge is 0.495 e. The molecule has 1 unspecified atom stereocenters. The van der Waals surface area contributed by atoms with Crippen LogP contribution in [0.15, 0.2) is 16.6 Å². The van der Waals surface area contributed by atoms with Crippen molar-refractivity contribution in [2.24, 2.45) is 5.73 Å². The Balaban J connectivity index is 2.92. The number of carbonyl (C=O) groups is 1. The maximum Gasteiger partial charge on any atom is 0.243 e. The predicted molar refractivity (Wildman–Crippen MR) is 75.7 cm³/mol. The molecule has 0 saturated heterocycles. The third kappa shape index (κ3) is 4.09. The molecule has 1 aromatic carbocycles. The Hall–Kier alpha value is -1.31. The lowest BCUT2D eigenvalue weighted by molar-refractivity contribution is -0.118. The van der Waals surface area contributed by atoms with E-state index >= 15 is 0 Å². The van der Waals surface area contributed by atoms with Crippen LogP contribution < -0.4 is 20.5 Å². The van der Waals surface area contributed by atoms with Gasteiger partial charge in [0.05, 0.1) is 20.8 Å². The van der Waals surface area contributed by atoms with Crippen molar-refractivity contribution in [3.05, 3.63) is 16.6 Å². The van der Waals surface area contributed by atoms with Crippen molar-refractivity contribution in [1.82, 2.24) is 0 Å². The van der Waals surface area contributed by atoms with Gasteiger partial charge in [0.1, 0.15) is 22.0 Å². The third-order valence-corrected chi connectivity index (χ3v) is 3.18. The van der Waals surface area contributed by atoms with Crippen LogP contribution in [0.1, 0.15) is 0 Å². The van der Waals surface area contributed by atoms with Gasteiger partial charge in [-0.25, -0.2) is 0 Å². The topological polar surface area (TPSA) is 82.8 Å². The van der Waals surface area contributed by atoms with Crippen molar-refractivity contribution >= 4 is 27.5 Å². The molecule has 3 N–H and O–H groups in total. The number of carbonyl (C=O) groups excluding carboxylic acids is 1. The molecule has 0 aliphatic rings. The highest BCUT2D eigenvalue weighted by Gasteiger charge is 2.16. The monoisotopic (exact) mass is 332 g/mol. The van der Waals surface area contributed by atoms with Gasteiger partial charge in [0.25, 0.3) is 0 Å². The highest BCUT2D eigenvalue weighted by molar-refractivity contribution is 9.10. The van der Waals surface area contributed by atoms with Crippen LogP contribution in [0, 0.1) is 0 Å². The second-order valence-electron chi connectivity index (χ2n) is 3.75. The van der Waals surface area contributed by atoms with E-state index in [2.05, 4.69) is 21.2 Å². The molecule has 6 nitrogen and oxygen atoms in total. The summed E-state index contributed by atoms with van der Waals surface area (Å²) in [6.07, 6.45) is 0. The Labute approximate surface area is 120 Å². The lowest BCUT2D eigenvalue weighted by Gasteiger charge is -2.14. The first-order valence-electron chi connectivity index (χ1n) is 5.50. The molecule has 0 aliphatic carbocycles. The molecule has 19 heavy (non-hydrogen) atoms. The molecule has 0 spiro atoms. The first-order valence-corrected chi connectivity index (χ1v) is 6.29. The molecule has 1 amide bonds. The lowest BCUT2D eigenvalue weighted by atomic mass is 10.2. The molecule has 1 aromatic rings. The average molecular weight is 333 g/mol. The second kappa shape index (κ2) is 7.32. The summed E-state index contributed by atoms with van der Waals surface area (Å²) in [5, 5.41) is 2.68. The van der Waals surface area contributed by atoms with E-state index in [0.29, 0.717) is 21.7 Å². The maximum absolute atomic E-state index is 11.8. The van der Waals surface area contributed by atoms with Gasteiger partial charge >= 0.3 is 0 Å². The van der Waals surface area contributed by atoms with Gasteiger partial charge in [0, 0.05) is 24.9 Å². The molecular weight excluding hydrogens is 316 g/mol. The number of hydrogen-bond donors (Lipinski definition) is 2. The molecule has 0 radical (unpaired) electrons. The molecule has 0 heterocycles. The summed E-state index contributed by atoms with van der Waals surface area (Å²) in [6.45, 7) is 0.149. The summed E-state index contributed by atoms with van der Waals surface area (Å²) in [5.41, 5.74) is 6.17. The Kier molecular flexibility index (Phi) is 6.07. The van der Waals surface area contributed by atoms with Crippen molar-refractivity contribution in [1.29, 1.82) is 0 Å². The van der Waals surface area contributed by atoms with Gasteiger partial charge in [0.2, 0.25) is 5.91 Å². The quantitative estimate of drug-likeness (QED) is 0.822. The van der Waals surface area contributed by atoms with Gasteiger partial charge in [-0.15, -0.1) is 0 Å². The molecule has 0 aliphatic heterocycles. The smallest absolute Gasteiger partial charge is 0.243 e.